The van der Waals surface area contributed by atoms with Gasteiger partial charge in [0.05, 0.1) is 0 Å². The van der Waals surface area contributed by atoms with Gasteiger partial charge in [-0.1, -0.05) is 46.3 Å². The molecule has 0 amide bonds. The molecule has 4 rings (SSSR count). The van der Waals surface area contributed by atoms with Crippen LogP contribution in [0.2, 0.25) is 0 Å². The number of fused-ring (bicyclic) bond motifs is 3. The first-order chi connectivity index (χ1) is 10.8. The van der Waals surface area contributed by atoms with Crippen molar-refractivity contribution < 1.29 is 0 Å². The van der Waals surface area contributed by atoms with Crippen LogP contribution in [0.25, 0.3) is 0 Å². The first kappa shape index (κ1) is 14.2. The van der Waals surface area contributed by atoms with Gasteiger partial charge in [0.2, 0.25) is 0 Å². The van der Waals surface area contributed by atoms with Crippen LogP contribution in [-0.4, -0.2) is 35.6 Å². The topological polar surface area (TPSA) is 19.4 Å². The minimum absolute atomic E-state index is 0.603. The van der Waals surface area contributed by atoms with Gasteiger partial charge < -0.3 is 4.90 Å². The second kappa shape index (κ2) is 6.01. The molecule has 1 fully saturated rings. The Balaban J connectivity index is 1.50. The van der Waals surface area contributed by atoms with Crippen LogP contribution >= 0.6 is 15.9 Å². The first-order valence-corrected chi connectivity index (χ1v) is 8.77. The Morgan fingerprint density at radius 2 is 2.00 bits per heavy atom. The van der Waals surface area contributed by atoms with Gasteiger partial charge in [-0.2, -0.15) is 0 Å². The van der Waals surface area contributed by atoms with Gasteiger partial charge in [0.15, 0.2) is 0 Å². The quantitative estimate of drug-likeness (QED) is 0.820. The number of pyridine rings is 1. The number of nitrogens with zero attached hydrogens (tertiary/aromatic N) is 3. The van der Waals surface area contributed by atoms with Crippen LogP contribution < -0.4 is 4.90 Å². The minimum Gasteiger partial charge on any atom is -0.351 e. The summed E-state index contributed by atoms with van der Waals surface area (Å²) in [5, 5.41) is 0. The van der Waals surface area contributed by atoms with Crippen LogP contribution in [0.15, 0.2) is 47.1 Å². The second-order valence-corrected chi connectivity index (χ2v) is 7.06. The fraction of sp³-hybridized carbons (Fsp3) is 0.389. The number of piperazine rings is 1. The third-order valence-corrected chi connectivity index (χ3v) is 5.53. The van der Waals surface area contributed by atoms with E-state index in [0.29, 0.717) is 6.04 Å². The number of anilines is 1. The summed E-state index contributed by atoms with van der Waals surface area (Å²) in [7, 11) is 0. The minimum atomic E-state index is 0.603. The monoisotopic (exact) mass is 357 g/mol. The summed E-state index contributed by atoms with van der Waals surface area (Å²) in [4.78, 5) is 9.75. The Morgan fingerprint density at radius 1 is 1.14 bits per heavy atom. The molecule has 3 nitrogen and oxygen atoms in total. The maximum absolute atomic E-state index is 4.65. The van der Waals surface area contributed by atoms with E-state index in [9.17, 15) is 0 Å². The third-order valence-electron chi connectivity index (χ3n) is 4.79. The highest BCUT2D eigenvalue weighted by Crippen LogP contribution is 2.35. The molecule has 0 spiro atoms. The van der Waals surface area contributed by atoms with E-state index >= 15 is 0 Å². The Kier molecular flexibility index (Phi) is 3.89. The number of halogens is 1. The molecule has 2 aliphatic heterocycles. The molecular weight excluding hydrogens is 338 g/mol. The fourth-order valence-corrected chi connectivity index (χ4v) is 4.17. The zero-order valence-electron chi connectivity index (χ0n) is 12.6. The molecule has 0 saturated carbocycles. The molecule has 22 heavy (non-hydrogen) atoms. The van der Waals surface area contributed by atoms with E-state index < -0.39 is 0 Å². The molecule has 0 aliphatic carbocycles. The highest BCUT2D eigenvalue weighted by atomic mass is 79.9. The molecular formula is C18H20BrN3. The van der Waals surface area contributed by atoms with Crippen LogP contribution in [0.5, 0.6) is 0 Å². The lowest BCUT2D eigenvalue weighted by Gasteiger charge is -2.45. The van der Waals surface area contributed by atoms with E-state index in [1.54, 1.807) is 0 Å². The van der Waals surface area contributed by atoms with Crippen molar-refractivity contribution in [3.8, 4) is 0 Å². The molecule has 2 aliphatic rings. The van der Waals surface area contributed by atoms with Crippen LogP contribution in [0.1, 0.15) is 17.5 Å². The molecule has 1 saturated heterocycles. The molecule has 0 N–H and O–H groups in total. The number of benzene rings is 1. The molecule has 3 heterocycles. The van der Waals surface area contributed by atoms with E-state index in [1.165, 1.54) is 27.8 Å². The summed E-state index contributed by atoms with van der Waals surface area (Å²) >= 11 is 3.68. The lowest BCUT2D eigenvalue weighted by atomic mass is 9.96. The van der Waals surface area contributed by atoms with Crippen molar-refractivity contribution in [2.24, 2.45) is 0 Å². The summed E-state index contributed by atoms with van der Waals surface area (Å²) in [5.41, 5.74) is 2.79. The second-order valence-electron chi connectivity index (χ2n) is 6.20. The van der Waals surface area contributed by atoms with Crippen LogP contribution in [0, 0.1) is 0 Å². The van der Waals surface area contributed by atoms with Gasteiger partial charge in [0, 0.05) is 48.5 Å². The summed E-state index contributed by atoms with van der Waals surface area (Å²) in [6.07, 6.45) is 4.27. The van der Waals surface area contributed by atoms with Crippen LogP contribution in [-0.2, 0) is 13.0 Å². The largest absolute Gasteiger partial charge is 0.351 e. The van der Waals surface area contributed by atoms with Crippen molar-refractivity contribution >= 4 is 21.7 Å². The fourth-order valence-electron chi connectivity index (χ4n) is 3.68. The van der Waals surface area contributed by atoms with Crippen molar-refractivity contribution in [3.63, 3.8) is 0 Å². The van der Waals surface area contributed by atoms with Gasteiger partial charge in [-0.05, 0) is 24.5 Å². The molecule has 114 valence electrons. The SMILES string of the molecule is Brc1ccnc2c1CCC1CN(Cc3ccccc3)CCN21. The van der Waals surface area contributed by atoms with Gasteiger partial charge in [-0.25, -0.2) is 4.98 Å². The van der Waals surface area contributed by atoms with Crippen molar-refractivity contribution in [2.75, 3.05) is 24.5 Å². The van der Waals surface area contributed by atoms with Crippen LogP contribution in [0.4, 0.5) is 5.82 Å². The van der Waals surface area contributed by atoms with Crippen molar-refractivity contribution in [1.82, 2.24) is 9.88 Å². The summed E-state index contributed by atoms with van der Waals surface area (Å²) in [6.45, 7) is 4.39. The molecule has 1 aromatic heterocycles. The van der Waals surface area contributed by atoms with Crippen molar-refractivity contribution in [1.29, 1.82) is 0 Å². The Hall–Kier alpha value is -1.39. The molecule has 4 heteroatoms. The van der Waals surface area contributed by atoms with E-state index in [4.69, 9.17) is 0 Å². The lowest BCUT2D eigenvalue weighted by molar-refractivity contribution is 0.206. The Bertz CT molecular complexity index is 659. The molecule has 2 aromatic rings. The molecule has 0 bridgehead atoms. The highest BCUT2D eigenvalue weighted by molar-refractivity contribution is 9.10. The number of hydrogen-bond acceptors (Lipinski definition) is 3. The van der Waals surface area contributed by atoms with Crippen molar-refractivity contribution in [2.45, 2.75) is 25.4 Å². The van der Waals surface area contributed by atoms with Gasteiger partial charge in [0.1, 0.15) is 5.82 Å². The van der Waals surface area contributed by atoms with E-state index in [-0.39, 0.29) is 0 Å². The predicted octanol–water partition coefficient (Wildman–Crippen LogP) is 3.48. The average Bonchev–Trinajstić information content (AvgIpc) is 2.56. The van der Waals surface area contributed by atoms with E-state index in [0.717, 1.165) is 32.6 Å². The average molecular weight is 358 g/mol. The van der Waals surface area contributed by atoms with E-state index in [1.807, 2.05) is 6.20 Å². The lowest BCUT2D eigenvalue weighted by Crippen LogP contribution is -2.55. The van der Waals surface area contributed by atoms with Gasteiger partial charge in [-0.3, -0.25) is 4.90 Å². The summed E-state index contributed by atoms with van der Waals surface area (Å²) in [6, 6.07) is 13.5. The summed E-state index contributed by atoms with van der Waals surface area (Å²) in [5.74, 6) is 1.20. The molecule has 1 unspecified atom stereocenters. The third kappa shape index (κ3) is 2.66. The maximum atomic E-state index is 4.65. The van der Waals surface area contributed by atoms with Gasteiger partial charge in [-0.15, -0.1) is 0 Å². The maximum Gasteiger partial charge on any atom is 0.133 e. The zero-order valence-corrected chi connectivity index (χ0v) is 14.2. The van der Waals surface area contributed by atoms with Gasteiger partial charge >= 0.3 is 0 Å². The number of aromatic nitrogens is 1. The Labute approximate surface area is 140 Å². The first-order valence-electron chi connectivity index (χ1n) is 7.97. The molecule has 1 atom stereocenters. The molecule has 0 radical (unpaired) electrons. The van der Waals surface area contributed by atoms with E-state index in [2.05, 4.69) is 67.1 Å². The smallest absolute Gasteiger partial charge is 0.133 e. The van der Waals surface area contributed by atoms with Crippen molar-refractivity contribution in [3.05, 3.63) is 58.2 Å². The Morgan fingerprint density at radius 3 is 2.86 bits per heavy atom. The summed E-state index contributed by atoms with van der Waals surface area (Å²) < 4.78 is 1.21. The normalized spacial score (nSPS) is 21.3. The zero-order chi connectivity index (χ0) is 14.9. The predicted molar refractivity (Wildman–Crippen MR) is 93.1 cm³/mol. The van der Waals surface area contributed by atoms with Crippen LogP contribution in [0.3, 0.4) is 0 Å². The molecule has 1 aromatic carbocycles. The highest BCUT2D eigenvalue weighted by Gasteiger charge is 2.33. The number of hydrogen-bond donors (Lipinski definition) is 0. The van der Waals surface area contributed by atoms with Gasteiger partial charge in [0.25, 0.3) is 0 Å². The number of rotatable bonds is 2. The standard InChI is InChI=1S/C18H20BrN3/c19-17-8-9-20-18-16(17)7-6-15-13-21(10-11-22(15)18)12-14-4-2-1-3-5-14/h1-5,8-9,15H,6-7,10-13H2.